The van der Waals surface area contributed by atoms with Crippen molar-refractivity contribution >= 4 is 28.2 Å². The molecule has 2 amide bonds. The van der Waals surface area contributed by atoms with E-state index in [9.17, 15) is 9.59 Å². The largest absolute Gasteiger partial charge is 0.459 e. The van der Waals surface area contributed by atoms with Gasteiger partial charge in [-0.15, -0.1) is 11.3 Å². The number of nitrogens with zero attached hydrogens (tertiary/aromatic N) is 1. The fraction of sp³-hybridized carbons (Fsp3) is 0.524. The maximum atomic E-state index is 12.7. The molecule has 0 bridgehead atoms. The van der Waals surface area contributed by atoms with Gasteiger partial charge >= 0.3 is 0 Å². The van der Waals surface area contributed by atoms with E-state index in [-0.39, 0.29) is 23.1 Å². The summed E-state index contributed by atoms with van der Waals surface area (Å²) in [4.78, 5) is 27.9. The van der Waals surface area contributed by atoms with Gasteiger partial charge in [0.2, 0.25) is 0 Å². The SMILES string of the molecule is Cc1cc(NC(=O)c2ccco2)sc1C(=O)NCC(C)(C)N1CCCC(C)C1. The molecule has 2 N–H and O–H groups in total. The first kappa shape index (κ1) is 20.6. The molecule has 152 valence electrons. The molecule has 7 heteroatoms. The summed E-state index contributed by atoms with van der Waals surface area (Å²) < 4.78 is 5.10. The van der Waals surface area contributed by atoms with Gasteiger partial charge in [0, 0.05) is 18.6 Å². The van der Waals surface area contributed by atoms with Crippen molar-refractivity contribution in [1.29, 1.82) is 0 Å². The normalized spacial score (nSPS) is 18.1. The van der Waals surface area contributed by atoms with Crippen molar-refractivity contribution in [3.8, 4) is 0 Å². The molecule has 1 aliphatic rings. The first-order valence-electron chi connectivity index (χ1n) is 9.75. The minimum absolute atomic E-state index is 0.0914. The lowest BCUT2D eigenvalue weighted by molar-refractivity contribution is 0.0658. The van der Waals surface area contributed by atoms with Crippen LogP contribution in [-0.4, -0.2) is 41.9 Å². The summed E-state index contributed by atoms with van der Waals surface area (Å²) in [6.07, 6.45) is 3.94. The van der Waals surface area contributed by atoms with E-state index in [2.05, 4.69) is 36.3 Å². The number of hydrogen-bond acceptors (Lipinski definition) is 5. The van der Waals surface area contributed by atoms with Gasteiger partial charge in [-0.25, -0.2) is 0 Å². The molecule has 3 rings (SSSR count). The second-order valence-corrected chi connectivity index (χ2v) is 9.29. The van der Waals surface area contributed by atoms with Crippen molar-refractivity contribution in [2.45, 2.75) is 46.1 Å². The molecule has 2 aromatic heterocycles. The van der Waals surface area contributed by atoms with Gasteiger partial charge in [-0.05, 0) is 69.8 Å². The van der Waals surface area contributed by atoms with E-state index in [1.807, 2.05) is 13.0 Å². The molecular formula is C21H29N3O3S. The Bertz CT molecular complexity index is 826. The molecule has 2 aromatic rings. The molecule has 0 saturated carbocycles. The fourth-order valence-corrected chi connectivity index (χ4v) is 4.56. The zero-order valence-electron chi connectivity index (χ0n) is 17.0. The van der Waals surface area contributed by atoms with Gasteiger partial charge in [0.25, 0.3) is 11.8 Å². The number of piperidine rings is 1. The number of nitrogens with one attached hydrogen (secondary N) is 2. The lowest BCUT2D eigenvalue weighted by Gasteiger charge is -2.43. The highest BCUT2D eigenvalue weighted by Gasteiger charge is 2.30. The third-order valence-electron chi connectivity index (χ3n) is 5.30. The summed E-state index contributed by atoms with van der Waals surface area (Å²) in [6, 6.07) is 5.09. The molecule has 3 heterocycles. The molecule has 0 aliphatic carbocycles. The Hall–Kier alpha value is -2.12. The molecule has 0 aromatic carbocycles. The first-order valence-corrected chi connectivity index (χ1v) is 10.6. The van der Waals surface area contributed by atoms with Gasteiger partial charge in [0.05, 0.1) is 16.1 Å². The van der Waals surface area contributed by atoms with Gasteiger partial charge in [-0.3, -0.25) is 14.5 Å². The van der Waals surface area contributed by atoms with Crippen LogP contribution in [0.1, 0.15) is 59.4 Å². The van der Waals surface area contributed by atoms with E-state index >= 15 is 0 Å². The van der Waals surface area contributed by atoms with Crippen LogP contribution in [0.25, 0.3) is 0 Å². The number of anilines is 1. The Kier molecular flexibility index (Phi) is 6.25. The molecule has 0 spiro atoms. The van der Waals surface area contributed by atoms with Crippen molar-refractivity contribution in [1.82, 2.24) is 10.2 Å². The summed E-state index contributed by atoms with van der Waals surface area (Å²) in [5.41, 5.74) is 0.757. The topological polar surface area (TPSA) is 74.6 Å². The van der Waals surface area contributed by atoms with E-state index in [1.165, 1.54) is 30.4 Å². The third kappa shape index (κ3) is 4.83. The third-order valence-corrected chi connectivity index (χ3v) is 6.45. The Balaban J connectivity index is 1.60. The number of likely N-dealkylation sites (tertiary alicyclic amines) is 1. The molecule has 6 nitrogen and oxygen atoms in total. The van der Waals surface area contributed by atoms with Crippen LogP contribution in [-0.2, 0) is 0 Å². The van der Waals surface area contributed by atoms with Gasteiger partial charge in [0.15, 0.2) is 5.76 Å². The fourth-order valence-electron chi connectivity index (χ4n) is 3.58. The van der Waals surface area contributed by atoms with Crippen molar-refractivity contribution in [3.05, 3.63) is 40.7 Å². The van der Waals surface area contributed by atoms with Gasteiger partial charge in [0.1, 0.15) is 0 Å². The predicted octanol–water partition coefficient (Wildman–Crippen LogP) is 4.14. The second-order valence-electron chi connectivity index (χ2n) is 8.24. The molecule has 1 fully saturated rings. The summed E-state index contributed by atoms with van der Waals surface area (Å²) in [6.45, 7) is 11.3. The molecular weight excluding hydrogens is 374 g/mol. The second kappa shape index (κ2) is 8.49. The van der Waals surface area contributed by atoms with Crippen molar-refractivity contribution < 1.29 is 14.0 Å². The molecule has 0 radical (unpaired) electrons. The van der Waals surface area contributed by atoms with E-state index in [1.54, 1.807) is 12.1 Å². The lowest BCUT2D eigenvalue weighted by atomic mass is 9.93. The Morgan fingerprint density at radius 1 is 1.36 bits per heavy atom. The number of carbonyl (C=O) groups excluding carboxylic acids is 2. The van der Waals surface area contributed by atoms with Crippen LogP contribution in [0.15, 0.2) is 28.9 Å². The maximum absolute atomic E-state index is 12.7. The zero-order valence-corrected chi connectivity index (χ0v) is 17.8. The Morgan fingerprint density at radius 3 is 2.82 bits per heavy atom. The zero-order chi connectivity index (χ0) is 20.3. The summed E-state index contributed by atoms with van der Waals surface area (Å²) in [5, 5.41) is 6.50. The van der Waals surface area contributed by atoms with Crippen LogP contribution >= 0.6 is 11.3 Å². The van der Waals surface area contributed by atoms with Crippen LogP contribution in [0.5, 0.6) is 0 Å². The summed E-state index contributed by atoms with van der Waals surface area (Å²) in [7, 11) is 0. The van der Waals surface area contributed by atoms with Crippen LogP contribution < -0.4 is 10.6 Å². The molecule has 1 atom stereocenters. The monoisotopic (exact) mass is 403 g/mol. The van der Waals surface area contributed by atoms with E-state index < -0.39 is 0 Å². The number of thiophene rings is 1. The first-order chi connectivity index (χ1) is 13.3. The highest BCUT2D eigenvalue weighted by atomic mass is 32.1. The van der Waals surface area contributed by atoms with E-state index in [0.717, 1.165) is 18.7 Å². The van der Waals surface area contributed by atoms with Crippen molar-refractivity contribution in [3.63, 3.8) is 0 Å². The van der Waals surface area contributed by atoms with Gasteiger partial charge in [-0.2, -0.15) is 0 Å². The van der Waals surface area contributed by atoms with E-state index in [4.69, 9.17) is 4.42 Å². The molecule has 1 saturated heterocycles. The molecule has 1 unspecified atom stereocenters. The Labute approximate surface area is 170 Å². The number of rotatable bonds is 6. The number of hydrogen-bond donors (Lipinski definition) is 2. The predicted molar refractivity (Wildman–Crippen MR) is 112 cm³/mol. The highest BCUT2D eigenvalue weighted by Crippen LogP contribution is 2.28. The molecule has 28 heavy (non-hydrogen) atoms. The average molecular weight is 404 g/mol. The van der Waals surface area contributed by atoms with Crippen LogP contribution in [0.2, 0.25) is 0 Å². The van der Waals surface area contributed by atoms with Crippen molar-refractivity contribution in [2.24, 2.45) is 5.92 Å². The minimum atomic E-state index is -0.321. The van der Waals surface area contributed by atoms with Crippen LogP contribution in [0.3, 0.4) is 0 Å². The number of aryl methyl sites for hydroxylation is 1. The van der Waals surface area contributed by atoms with Crippen LogP contribution in [0.4, 0.5) is 5.00 Å². The average Bonchev–Trinajstić information content (AvgIpc) is 3.30. The van der Waals surface area contributed by atoms with Gasteiger partial charge in [-0.1, -0.05) is 6.92 Å². The van der Waals surface area contributed by atoms with Crippen molar-refractivity contribution in [2.75, 3.05) is 25.0 Å². The Morgan fingerprint density at radius 2 is 2.14 bits per heavy atom. The van der Waals surface area contributed by atoms with E-state index in [0.29, 0.717) is 22.3 Å². The lowest BCUT2D eigenvalue weighted by Crippen LogP contribution is -2.54. The number of amides is 2. The quantitative estimate of drug-likeness (QED) is 0.760. The standard InChI is InChI=1S/C21H29N3O3S/c1-14-7-5-9-24(12-14)21(3,4)13-22-20(26)18-15(2)11-17(28-18)23-19(25)16-8-6-10-27-16/h6,8,10-11,14H,5,7,9,12-13H2,1-4H3,(H,22,26)(H,23,25). The number of carbonyl (C=O) groups is 2. The molecule has 1 aliphatic heterocycles. The summed E-state index contributed by atoms with van der Waals surface area (Å²) >= 11 is 1.28. The maximum Gasteiger partial charge on any atom is 0.291 e. The minimum Gasteiger partial charge on any atom is -0.459 e. The smallest absolute Gasteiger partial charge is 0.291 e. The number of furan rings is 1. The highest BCUT2D eigenvalue weighted by molar-refractivity contribution is 7.18. The van der Waals surface area contributed by atoms with Crippen LogP contribution in [0, 0.1) is 12.8 Å². The van der Waals surface area contributed by atoms with Gasteiger partial charge < -0.3 is 15.1 Å². The summed E-state index contributed by atoms with van der Waals surface area (Å²) in [5.74, 6) is 0.524.